The molecule has 1 aliphatic carbocycles. The largest absolute Gasteiger partial charge is 0.384 e. The van der Waals surface area contributed by atoms with Gasteiger partial charge in [-0.1, -0.05) is 6.92 Å². The summed E-state index contributed by atoms with van der Waals surface area (Å²) < 4.78 is 0. The number of carbonyl (C=O) groups excluding carboxylic acids is 1. The number of hydrogen-bond acceptors (Lipinski definition) is 3. The lowest BCUT2D eigenvalue weighted by molar-refractivity contribution is 0.0938. The van der Waals surface area contributed by atoms with Gasteiger partial charge in [0.15, 0.2) is 0 Å². The molecule has 0 bridgehead atoms. The molecule has 4 heteroatoms. The second kappa shape index (κ2) is 6.08. The Morgan fingerprint density at radius 1 is 1.45 bits per heavy atom. The van der Waals surface area contributed by atoms with Crippen molar-refractivity contribution in [1.29, 1.82) is 0 Å². The molecule has 3 rings (SSSR count). The number of carbonyl (C=O) groups is 1. The number of nitrogens with one attached hydrogen (secondary N) is 2. The predicted octanol–water partition coefficient (Wildman–Crippen LogP) is 3.06. The van der Waals surface area contributed by atoms with Crippen molar-refractivity contribution in [2.75, 3.05) is 17.6 Å². The van der Waals surface area contributed by atoms with E-state index in [-0.39, 0.29) is 5.91 Å². The predicted molar refractivity (Wildman–Crippen MR) is 85.7 cm³/mol. The quantitative estimate of drug-likeness (QED) is 0.895. The molecule has 2 unspecified atom stereocenters. The molecule has 2 atom stereocenters. The van der Waals surface area contributed by atoms with Crippen LogP contribution in [0.25, 0.3) is 0 Å². The Bertz CT molecular complexity index is 503. The fraction of sp³-hybridized carbons (Fsp3) is 0.562. The number of thioether (sulfide) groups is 1. The maximum absolute atomic E-state index is 12.3. The summed E-state index contributed by atoms with van der Waals surface area (Å²) in [5.41, 5.74) is 3.25. The standard InChI is InChI=1S/C16H22N2OS/c1-2-20-14-5-4-13(10-14)18-16(19)12-3-6-15-11(9-12)7-8-17-15/h3,6,9,13-14,17H,2,4-5,7-8,10H2,1H3,(H,18,19). The van der Waals surface area contributed by atoms with Crippen molar-refractivity contribution in [3.05, 3.63) is 29.3 Å². The van der Waals surface area contributed by atoms with Gasteiger partial charge in [0, 0.05) is 29.1 Å². The second-order valence-corrected chi connectivity index (χ2v) is 7.19. The first-order valence-corrected chi connectivity index (χ1v) is 8.60. The van der Waals surface area contributed by atoms with Crippen LogP contribution in [-0.4, -0.2) is 29.5 Å². The number of amides is 1. The van der Waals surface area contributed by atoms with Crippen molar-refractivity contribution in [3.63, 3.8) is 0 Å². The Hall–Kier alpha value is -1.16. The molecule has 1 amide bonds. The minimum absolute atomic E-state index is 0.0897. The normalized spacial score (nSPS) is 24.2. The molecule has 0 saturated heterocycles. The van der Waals surface area contributed by atoms with Crippen molar-refractivity contribution in [3.8, 4) is 0 Å². The number of hydrogen-bond donors (Lipinski definition) is 2. The number of rotatable bonds is 4. The molecule has 20 heavy (non-hydrogen) atoms. The van der Waals surface area contributed by atoms with E-state index < -0.39 is 0 Å². The average Bonchev–Trinajstić information content (AvgIpc) is 3.07. The highest BCUT2D eigenvalue weighted by atomic mass is 32.2. The maximum Gasteiger partial charge on any atom is 0.251 e. The Morgan fingerprint density at radius 3 is 3.20 bits per heavy atom. The third-order valence-corrected chi connectivity index (χ3v) is 5.43. The van der Waals surface area contributed by atoms with Gasteiger partial charge in [-0.25, -0.2) is 0 Å². The molecule has 3 nitrogen and oxygen atoms in total. The molecule has 0 spiro atoms. The van der Waals surface area contributed by atoms with E-state index in [2.05, 4.69) is 17.6 Å². The molecule has 1 saturated carbocycles. The lowest BCUT2D eigenvalue weighted by Crippen LogP contribution is -2.33. The van der Waals surface area contributed by atoms with Crippen molar-refractivity contribution < 1.29 is 4.79 Å². The van der Waals surface area contributed by atoms with E-state index in [0.29, 0.717) is 6.04 Å². The lowest BCUT2D eigenvalue weighted by atomic mass is 10.1. The first-order valence-electron chi connectivity index (χ1n) is 7.55. The van der Waals surface area contributed by atoms with E-state index >= 15 is 0 Å². The van der Waals surface area contributed by atoms with Crippen molar-refractivity contribution >= 4 is 23.4 Å². The molecular formula is C16H22N2OS. The molecule has 1 aliphatic heterocycles. The molecule has 1 aromatic rings. The highest BCUT2D eigenvalue weighted by Gasteiger charge is 2.26. The van der Waals surface area contributed by atoms with E-state index in [1.165, 1.54) is 23.4 Å². The van der Waals surface area contributed by atoms with Gasteiger partial charge in [0.2, 0.25) is 0 Å². The van der Waals surface area contributed by atoms with Crippen LogP contribution in [0.5, 0.6) is 0 Å². The minimum atomic E-state index is 0.0897. The van der Waals surface area contributed by atoms with Crippen LogP contribution in [0.15, 0.2) is 18.2 Å². The van der Waals surface area contributed by atoms with Crippen molar-refractivity contribution in [1.82, 2.24) is 5.32 Å². The third kappa shape index (κ3) is 2.95. The number of benzene rings is 1. The van der Waals surface area contributed by atoms with Gasteiger partial charge in [0.1, 0.15) is 0 Å². The van der Waals surface area contributed by atoms with Crippen LogP contribution in [0, 0.1) is 0 Å². The van der Waals surface area contributed by atoms with Gasteiger partial charge in [-0.05, 0) is 55.2 Å². The first kappa shape index (κ1) is 13.8. The Labute approximate surface area is 124 Å². The summed E-state index contributed by atoms with van der Waals surface area (Å²) in [6, 6.07) is 6.36. The lowest BCUT2D eigenvalue weighted by Gasteiger charge is -2.13. The van der Waals surface area contributed by atoms with Crippen LogP contribution in [-0.2, 0) is 6.42 Å². The SMILES string of the molecule is CCSC1CCC(NC(=O)c2ccc3c(c2)CCN3)C1. The molecule has 2 N–H and O–H groups in total. The summed E-state index contributed by atoms with van der Waals surface area (Å²) in [7, 11) is 0. The van der Waals surface area contributed by atoms with E-state index in [9.17, 15) is 4.79 Å². The molecule has 0 aromatic heterocycles. The molecule has 0 radical (unpaired) electrons. The van der Waals surface area contributed by atoms with E-state index in [1.54, 1.807) is 0 Å². The number of anilines is 1. The van der Waals surface area contributed by atoms with E-state index in [1.807, 2.05) is 30.0 Å². The monoisotopic (exact) mass is 290 g/mol. The van der Waals surface area contributed by atoms with Gasteiger partial charge in [-0.15, -0.1) is 0 Å². The van der Waals surface area contributed by atoms with Crippen LogP contribution >= 0.6 is 11.8 Å². The number of fused-ring (bicyclic) bond motifs is 1. The molecule has 1 fully saturated rings. The highest BCUT2D eigenvalue weighted by Crippen LogP contribution is 2.30. The summed E-state index contributed by atoms with van der Waals surface area (Å²) in [6.45, 7) is 3.19. The summed E-state index contributed by atoms with van der Waals surface area (Å²) in [6.07, 6.45) is 4.50. The van der Waals surface area contributed by atoms with Gasteiger partial charge < -0.3 is 10.6 Å². The van der Waals surface area contributed by atoms with Crippen LogP contribution in [0.2, 0.25) is 0 Å². The summed E-state index contributed by atoms with van der Waals surface area (Å²) in [4.78, 5) is 12.3. The van der Waals surface area contributed by atoms with Gasteiger partial charge in [-0.3, -0.25) is 4.79 Å². The highest BCUT2D eigenvalue weighted by molar-refractivity contribution is 7.99. The molecule has 2 aliphatic rings. The summed E-state index contributed by atoms with van der Waals surface area (Å²) >= 11 is 2.02. The van der Waals surface area contributed by atoms with Crippen LogP contribution in [0.4, 0.5) is 5.69 Å². The van der Waals surface area contributed by atoms with Gasteiger partial charge in [0.05, 0.1) is 0 Å². The molecule has 1 heterocycles. The fourth-order valence-corrected chi connectivity index (χ4v) is 4.32. The van der Waals surface area contributed by atoms with Crippen molar-refractivity contribution in [2.45, 2.75) is 43.9 Å². The zero-order valence-corrected chi connectivity index (χ0v) is 12.8. The summed E-state index contributed by atoms with van der Waals surface area (Å²) in [5, 5.41) is 7.26. The van der Waals surface area contributed by atoms with Gasteiger partial charge in [0.25, 0.3) is 5.91 Å². The Balaban J connectivity index is 1.60. The van der Waals surface area contributed by atoms with Crippen LogP contribution in [0.3, 0.4) is 0 Å². The van der Waals surface area contributed by atoms with E-state index in [4.69, 9.17) is 0 Å². The van der Waals surface area contributed by atoms with Gasteiger partial charge >= 0.3 is 0 Å². The topological polar surface area (TPSA) is 41.1 Å². The van der Waals surface area contributed by atoms with Crippen molar-refractivity contribution in [2.24, 2.45) is 0 Å². The minimum Gasteiger partial charge on any atom is -0.384 e. The van der Waals surface area contributed by atoms with Crippen LogP contribution < -0.4 is 10.6 Å². The Morgan fingerprint density at radius 2 is 2.35 bits per heavy atom. The third-order valence-electron chi connectivity index (χ3n) is 4.20. The zero-order chi connectivity index (χ0) is 13.9. The zero-order valence-electron chi connectivity index (χ0n) is 11.9. The fourth-order valence-electron chi connectivity index (χ4n) is 3.17. The smallest absolute Gasteiger partial charge is 0.251 e. The molecule has 108 valence electrons. The average molecular weight is 290 g/mol. The first-order chi connectivity index (χ1) is 9.76. The van der Waals surface area contributed by atoms with E-state index in [0.717, 1.165) is 36.6 Å². The Kier molecular flexibility index (Phi) is 4.20. The summed E-state index contributed by atoms with van der Waals surface area (Å²) in [5.74, 6) is 1.26. The second-order valence-electron chi connectivity index (χ2n) is 5.61. The molecular weight excluding hydrogens is 268 g/mol. The maximum atomic E-state index is 12.3. The van der Waals surface area contributed by atoms with Crippen LogP contribution in [0.1, 0.15) is 42.1 Å². The molecule has 1 aromatic carbocycles. The van der Waals surface area contributed by atoms with Gasteiger partial charge in [-0.2, -0.15) is 11.8 Å².